The molecule has 1 N–H and O–H groups in total. The maximum absolute atomic E-state index is 12.3. The van der Waals surface area contributed by atoms with E-state index in [2.05, 4.69) is 5.32 Å². The van der Waals surface area contributed by atoms with E-state index in [1.807, 2.05) is 0 Å². The Morgan fingerprint density at radius 3 is 2.43 bits per heavy atom. The van der Waals surface area contributed by atoms with Crippen LogP contribution in [0.3, 0.4) is 0 Å². The quantitative estimate of drug-likeness (QED) is 0.840. The number of benzene rings is 1. The first-order valence-electron chi connectivity index (χ1n) is 6.89. The molecule has 1 aliphatic heterocycles. The van der Waals surface area contributed by atoms with Gasteiger partial charge in [0.15, 0.2) is 0 Å². The van der Waals surface area contributed by atoms with Gasteiger partial charge < -0.3 is 10.1 Å². The Bertz CT molecular complexity index is 577. The maximum Gasteiger partial charge on any atom is 0.246 e. The van der Waals surface area contributed by atoms with Gasteiger partial charge in [-0.15, -0.1) is 0 Å². The molecule has 1 aliphatic rings. The summed E-state index contributed by atoms with van der Waals surface area (Å²) in [5.74, 6) is -0.203. The molecule has 7 heteroatoms. The largest absolute Gasteiger partial charge is 0.375 e. The molecule has 0 unspecified atom stereocenters. The maximum atomic E-state index is 12.3. The van der Waals surface area contributed by atoms with Crippen LogP contribution in [-0.4, -0.2) is 45.4 Å². The molecule has 6 nitrogen and oxygen atoms in total. The molecule has 0 aliphatic carbocycles. The van der Waals surface area contributed by atoms with Gasteiger partial charge in [-0.2, -0.15) is 4.31 Å². The fraction of sp³-hybridized carbons (Fsp3) is 0.500. The molecule has 1 heterocycles. The summed E-state index contributed by atoms with van der Waals surface area (Å²) in [6.07, 6.45) is 1.84. The lowest BCUT2D eigenvalue weighted by atomic mass is 10.2. The van der Waals surface area contributed by atoms with Crippen molar-refractivity contribution in [3.8, 4) is 0 Å². The molecule has 0 atom stereocenters. The Labute approximate surface area is 125 Å². The third kappa shape index (κ3) is 4.03. The molecule has 1 amide bonds. The SMILES string of the molecule is COCC(=O)NCc1ccc(S(=O)(=O)N2CCCC2)cc1. The van der Waals surface area contributed by atoms with Gasteiger partial charge in [-0.25, -0.2) is 8.42 Å². The molecule has 1 fully saturated rings. The van der Waals surface area contributed by atoms with Crippen molar-refractivity contribution in [1.29, 1.82) is 0 Å². The Kier molecular flexibility index (Phi) is 5.33. The molecule has 1 aromatic carbocycles. The monoisotopic (exact) mass is 312 g/mol. The predicted octanol–water partition coefficient (Wildman–Crippen LogP) is 0.734. The second-order valence-corrected chi connectivity index (χ2v) is 6.90. The van der Waals surface area contributed by atoms with Crippen LogP contribution in [0, 0.1) is 0 Å². The summed E-state index contributed by atoms with van der Waals surface area (Å²) in [6, 6.07) is 6.61. The van der Waals surface area contributed by atoms with Gasteiger partial charge >= 0.3 is 0 Å². The minimum absolute atomic E-state index is 0.0153. The number of amides is 1. The van der Waals surface area contributed by atoms with Gasteiger partial charge in [0.25, 0.3) is 0 Å². The first kappa shape index (κ1) is 15.9. The predicted molar refractivity (Wildman–Crippen MR) is 78.2 cm³/mol. The number of hydrogen-bond acceptors (Lipinski definition) is 4. The summed E-state index contributed by atoms with van der Waals surface area (Å²) in [7, 11) is -1.91. The number of ether oxygens (including phenoxy) is 1. The van der Waals surface area contributed by atoms with Crippen molar-refractivity contribution in [2.75, 3.05) is 26.8 Å². The molecular formula is C14H20N2O4S. The van der Waals surface area contributed by atoms with Crippen LogP contribution < -0.4 is 5.32 Å². The molecule has 1 saturated heterocycles. The molecule has 0 saturated carbocycles. The van der Waals surface area contributed by atoms with Crippen molar-refractivity contribution < 1.29 is 17.9 Å². The second-order valence-electron chi connectivity index (χ2n) is 4.96. The van der Waals surface area contributed by atoms with Crippen molar-refractivity contribution in [2.24, 2.45) is 0 Å². The average Bonchev–Trinajstić information content (AvgIpc) is 3.01. The van der Waals surface area contributed by atoms with Gasteiger partial charge in [-0.3, -0.25) is 4.79 Å². The Morgan fingerprint density at radius 2 is 1.86 bits per heavy atom. The molecule has 1 aromatic rings. The first-order chi connectivity index (χ1) is 10.0. The zero-order valence-corrected chi connectivity index (χ0v) is 12.9. The van der Waals surface area contributed by atoms with Gasteiger partial charge in [0.1, 0.15) is 6.61 Å². The van der Waals surface area contributed by atoms with E-state index in [9.17, 15) is 13.2 Å². The zero-order chi connectivity index (χ0) is 15.3. The lowest BCUT2D eigenvalue weighted by Gasteiger charge is -2.15. The molecule has 0 aromatic heterocycles. The van der Waals surface area contributed by atoms with Crippen molar-refractivity contribution in [3.05, 3.63) is 29.8 Å². The van der Waals surface area contributed by atoms with E-state index in [1.165, 1.54) is 11.4 Å². The van der Waals surface area contributed by atoms with Crippen molar-refractivity contribution in [2.45, 2.75) is 24.3 Å². The Hall–Kier alpha value is -1.44. The van der Waals surface area contributed by atoms with E-state index in [1.54, 1.807) is 24.3 Å². The van der Waals surface area contributed by atoms with E-state index in [-0.39, 0.29) is 12.5 Å². The number of methoxy groups -OCH3 is 1. The first-order valence-corrected chi connectivity index (χ1v) is 8.33. The average molecular weight is 312 g/mol. The molecule has 2 rings (SSSR count). The number of carbonyl (C=O) groups excluding carboxylic acids is 1. The van der Waals surface area contributed by atoms with Gasteiger partial charge in [0, 0.05) is 26.7 Å². The molecule has 0 bridgehead atoms. The van der Waals surface area contributed by atoms with E-state index in [0.29, 0.717) is 24.5 Å². The lowest BCUT2D eigenvalue weighted by molar-refractivity contribution is -0.124. The zero-order valence-electron chi connectivity index (χ0n) is 12.0. The van der Waals surface area contributed by atoms with Crippen LogP contribution in [0.2, 0.25) is 0 Å². The van der Waals surface area contributed by atoms with Crippen LogP contribution in [0.15, 0.2) is 29.2 Å². The molecule has 0 spiro atoms. The number of nitrogens with zero attached hydrogens (tertiary/aromatic N) is 1. The Morgan fingerprint density at radius 1 is 1.24 bits per heavy atom. The molecular weight excluding hydrogens is 292 g/mol. The van der Waals surface area contributed by atoms with Crippen LogP contribution in [0.4, 0.5) is 0 Å². The molecule has 116 valence electrons. The van der Waals surface area contributed by atoms with Crippen molar-refractivity contribution in [3.63, 3.8) is 0 Å². The highest BCUT2D eigenvalue weighted by molar-refractivity contribution is 7.89. The number of carbonyl (C=O) groups is 1. The highest BCUT2D eigenvalue weighted by Crippen LogP contribution is 2.20. The van der Waals surface area contributed by atoms with Gasteiger partial charge in [-0.05, 0) is 30.5 Å². The van der Waals surface area contributed by atoms with Gasteiger partial charge in [0.05, 0.1) is 4.90 Å². The van der Waals surface area contributed by atoms with Crippen molar-refractivity contribution >= 4 is 15.9 Å². The summed E-state index contributed by atoms with van der Waals surface area (Å²) < 4.78 is 30.9. The van der Waals surface area contributed by atoms with E-state index < -0.39 is 10.0 Å². The van der Waals surface area contributed by atoms with Crippen LogP contribution in [0.5, 0.6) is 0 Å². The van der Waals surface area contributed by atoms with E-state index in [4.69, 9.17) is 4.74 Å². The third-order valence-electron chi connectivity index (χ3n) is 3.39. The fourth-order valence-electron chi connectivity index (χ4n) is 2.24. The minimum Gasteiger partial charge on any atom is -0.375 e. The van der Waals surface area contributed by atoms with Crippen LogP contribution >= 0.6 is 0 Å². The highest BCUT2D eigenvalue weighted by Gasteiger charge is 2.26. The number of sulfonamides is 1. The molecule has 21 heavy (non-hydrogen) atoms. The van der Waals surface area contributed by atoms with Crippen LogP contribution in [-0.2, 0) is 26.1 Å². The summed E-state index contributed by atoms with van der Waals surface area (Å²) in [5, 5.41) is 2.69. The number of nitrogens with one attached hydrogen (secondary N) is 1. The van der Waals surface area contributed by atoms with Crippen LogP contribution in [0.25, 0.3) is 0 Å². The summed E-state index contributed by atoms with van der Waals surface area (Å²) >= 11 is 0. The number of hydrogen-bond donors (Lipinski definition) is 1. The van der Waals surface area contributed by atoms with Gasteiger partial charge in [-0.1, -0.05) is 12.1 Å². The second kappa shape index (κ2) is 7.02. The summed E-state index contributed by atoms with van der Waals surface area (Å²) in [4.78, 5) is 11.6. The fourth-order valence-corrected chi connectivity index (χ4v) is 3.76. The van der Waals surface area contributed by atoms with Gasteiger partial charge in [0.2, 0.25) is 15.9 Å². The normalized spacial score (nSPS) is 16.0. The van der Waals surface area contributed by atoms with Crippen molar-refractivity contribution in [1.82, 2.24) is 9.62 Å². The van der Waals surface area contributed by atoms with Crippen LogP contribution in [0.1, 0.15) is 18.4 Å². The lowest BCUT2D eigenvalue weighted by Crippen LogP contribution is -2.28. The smallest absolute Gasteiger partial charge is 0.246 e. The topological polar surface area (TPSA) is 75.7 Å². The highest BCUT2D eigenvalue weighted by atomic mass is 32.2. The minimum atomic E-state index is -3.37. The standard InChI is InChI=1S/C14H20N2O4S/c1-20-11-14(17)15-10-12-4-6-13(7-5-12)21(18,19)16-8-2-3-9-16/h4-7H,2-3,8-11H2,1H3,(H,15,17). The number of rotatable bonds is 6. The van der Waals surface area contributed by atoms with E-state index in [0.717, 1.165) is 18.4 Å². The third-order valence-corrected chi connectivity index (χ3v) is 5.30. The van der Waals surface area contributed by atoms with E-state index >= 15 is 0 Å². The summed E-state index contributed by atoms with van der Waals surface area (Å²) in [6.45, 7) is 1.56. The molecule has 0 radical (unpaired) electrons. The Balaban J connectivity index is 2.00. The summed E-state index contributed by atoms with van der Waals surface area (Å²) in [5.41, 5.74) is 0.847.